The number of nitrogens with one attached hydrogen (secondary N) is 1. The molecule has 2 atom stereocenters. The van der Waals surface area contributed by atoms with E-state index >= 15 is 0 Å². The average molecular weight is 402 g/mol. The third-order valence-corrected chi connectivity index (χ3v) is 5.21. The Hall–Kier alpha value is -3.74. The largest absolute Gasteiger partial charge is 0.480 e. The Morgan fingerprint density at radius 2 is 1.77 bits per heavy atom. The van der Waals surface area contributed by atoms with Gasteiger partial charge in [0.15, 0.2) is 0 Å². The number of rotatable bonds is 7. The minimum absolute atomic E-state index is 0.234. The highest BCUT2D eigenvalue weighted by Crippen LogP contribution is 2.26. The van der Waals surface area contributed by atoms with Crippen LogP contribution in [0.1, 0.15) is 12.0 Å². The minimum atomic E-state index is -1.05. The summed E-state index contributed by atoms with van der Waals surface area (Å²) in [6.07, 6.45) is 4.19. The summed E-state index contributed by atoms with van der Waals surface area (Å²) >= 11 is 0. The monoisotopic (exact) mass is 402 g/mol. The number of hydrogen-bond acceptors (Lipinski definition) is 5. The number of amides is 1. The third-order valence-electron chi connectivity index (χ3n) is 5.21. The van der Waals surface area contributed by atoms with Crippen molar-refractivity contribution in [1.29, 1.82) is 0 Å². The number of carboxylic acids is 1. The summed E-state index contributed by atoms with van der Waals surface area (Å²) in [4.78, 5) is 35.3. The van der Waals surface area contributed by atoms with Crippen LogP contribution in [0.2, 0.25) is 0 Å². The first-order valence-electron chi connectivity index (χ1n) is 9.83. The van der Waals surface area contributed by atoms with Gasteiger partial charge in [-0.3, -0.25) is 9.78 Å². The zero-order chi connectivity index (χ0) is 20.9. The van der Waals surface area contributed by atoms with Gasteiger partial charge in [0, 0.05) is 18.5 Å². The smallest absolute Gasteiger partial charge is 0.326 e. The van der Waals surface area contributed by atoms with Crippen molar-refractivity contribution < 1.29 is 14.7 Å². The number of carbonyl (C=O) groups excluding carboxylic acids is 1. The van der Waals surface area contributed by atoms with Crippen molar-refractivity contribution in [2.45, 2.75) is 24.9 Å². The molecule has 3 aromatic rings. The van der Waals surface area contributed by atoms with Gasteiger partial charge >= 0.3 is 5.97 Å². The van der Waals surface area contributed by atoms with Gasteiger partial charge in [0.2, 0.25) is 5.91 Å². The molecule has 0 saturated carbocycles. The molecule has 1 aromatic heterocycles. The lowest BCUT2D eigenvalue weighted by Gasteiger charge is -2.40. The van der Waals surface area contributed by atoms with E-state index in [1.807, 2.05) is 65.6 Å². The van der Waals surface area contributed by atoms with Crippen LogP contribution in [0.25, 0.3) is 11.3 Å². The minimum Gasteiger partial charge on any atom is -0.480 e. The molecule has 1 aliphatic rings. The van der Waals surface area contributed by atoms with E-state index in [-0.39, 0.29) is 12.3 Å². The molecule has 2 heterocycles. The predicted octanol–water partition coefficient (Wildman–Crippen LogP) is 2.53. The van der Waals surface area contributed by atoms with E-state index in [2.05, 4.69) is 15.3 Å². The van der Waals surface area contributed by atoms with E-state index in [4.69, 9.17) is 0 Å². The van der Waals surface area contributed by atoms with Crippen LogP contribution in [-0.4, -0.2) is 45.6 Å². The highest BCUT2D eigenvalue weighted by Gasteiger charge is 2.37. The topological polar surface area (TPSA) is 95.4 Å². The fourth-order valence-corrected chi connectivity index (χ4v) is 3.49. The molecule has 4 rings (SSSR count). The summed E-state index contributed by atoms with van der Waals surface area (Å²) in [7, 11) is 0. The average Bonchev–Trinajstić information content (AvgIpc) is 2.74. The van der Waals surface area contributed by atoms with Gasteiger partial charge in [-0.05, 0) is 12.0 Å². The van der Waals surface area contributed by atoms with Crippen molar-refractivity contribution in [3.63, 3.8) is 0 Å². The van der Waals surface area contributed by atoms with Gasteiger partial charge in [-0.1, -0.05) is 60.7 Å². The predicted molar refractivity (Wildman–Crippen MR) is 113 cm³/mol. The highest BCUT2D eigenvalue weighted by molar-refractivity contribution is 5.90. The maximum absolute atomic E-state index is 12.8. The second-order valence-electron chi connectivity index (χ2n) is 7.22. The van der Waals surface area contributed by atoms with Gasteiger partial charge in [0.05, 0.1) is 18.1 Å². The molecule has 0 bridgehead atoms. The second kappa shape index (κ2) is 8.73. The molecule has 0 radical (unpaired) electrons. The van der Waals surface area contributed by atoms with E-state index < -0.39 is 18.1 Å². The molecule has 0 unspecified atom stereocenters. The van der Waals surface area contributed by atoms with Crippen molar-refractivity contribution in [2.24, 2.45) is 0 Å². The maximum atomic E-state index is 12.8. The van der Waals surface area contributed by atoms with Crippen LogP contribution in [0.15, 0.2) is 73.1 Å². The van der Waals surface area contributed by atoms with E-state index in [0.717, 1.165) is 16.8 Å². The van der Waals surface area contributed by atoms with Crippen LogP contribution in [0.4, 0.5) is 5.82 Å². The lowest BCUT2D eigenvalue weighted by Crippen LogP contribution is -2.59. The van der Waals surface area contributed by atoms with Crippen molar-refractivity contribution in [3.8, 4) is 11.3 Å². The summed E-state index contributed by atoms with van der Waals surface area (Å²) in [5, 5.41) is 12.2. The lowest BCUT2D eigenvalue weighted by atomic mass is 10.0. The molecular formula is C23H22N4O3. The Bertz CT molecular complexity index is 1030. The molecule has 7 heteroatoms. The number of carbonyl (C=O) groups is 2. The number of hydrogen-bond donors (Lipinski definition) is 2. The van der Waals surface area contributed by atoms with Crippen LogP contribution < -0.4 is 10.2 Å². The summed E-state index contributed by atoms with van der Waals surface area (Å²) in [6, 6.07) is 17.5. The van der Waals surface area contributed by atoms with Crippen LogP contribution in [0.5, 0.6) is 0 Å². The van der Waals surface area contributed by atoms with Crippen molar-refractivity contribution in [3.05, 3.63) is 78.6 Å². The summed E-state index contributed by atoms with van der Waals surface area (Å²) < 4.78 is 0. The molecule has 2 aromatic carbocycles. The zero-order valence-corrected chi connectivity index (χ0v) is 16.3. The van der Waals surface area contributed by atoms with Gasteiger partial charge in [-0.15, -0.1) is 0 Å². The van der Waals surface area contributed by atoms with Gasteiger partial charge in [0.1, 0.15) is 17.9 Å². The Balaban J connectivity index is 1.46. The molecule has 1 fully saturated rings. The number of aliphatic carboxylic acids is 1. The lowest BCUT2D eigenvalue weighted by molar-refractivity contribution is -0.142. The van der Waals surface area contributed by atoms with Crippen molar-refractivity contribution in [2.75, 3.05) is 11.4 Å². The fraction of sp³-hybridized carbons (Fsp3) is 0.217. The molecular weight excluding hydrogens is 380 g/mol. The molecule has 152 valence electrons. The first-order chi connectivity index (χ1) is 14.6. The number of anilines is 1. The van der Waals surface area contributed by atoms with Gasteiger partial charge < -0.3 is 15.3 Å². The second-order valence-corrected chi connectivity index (χ2v) is 7.22. The molecule has 2 N–H and O–H groups in total. The van der Waals surface area contributed by atoms with Crippen molar-refractivity contribution >= 4 is 17.7 Å². The normalized spacial score (nSPS) is 16.4. The number of nitrogens with zero attached hydrogens (tertiary/aromatic N) is 3. The van der Waals surface area contributed by atoms with Crippen LogP contribution >= 0.6 is 0 Å². The molecule has 0 aliphatic carbocycles. The van der Waals surface area contributed by atoms with Gasteiger partial charge in [0.25, 0.3) is 0 Å². The first-order valence-corrected chi connectivity index (χ1v) is 9.83. The van der Waals surface area contributed by atoms with Crippen molar-refractivity contribution in [1.82, 2.24) is 15.3 Å². The van der Waals surface area contributed by atoms with E-state index in [9.17, 15) is 14.7 Å². The zero-order valence-electron chi connectivity index (χ0n) is 16.3. The standard InChI is InChI=1S/C23H22N4O3/c28-22(26-18(23(29)30)13-16-7-3-1-4-8-16)20-11-12-27(20)21-15-24-14-19(25-21)17-9-5-2-6-10-17/h1-10,14-15,18,20H,11-13H2,(H,26,28)(H,29,30)/t18-,20-/m0/s1. The molecule has 1 amide bonds. The number of aromatic nitrogens is 2. The van der Waals surface area contributed by atoms with Gasteiger partial charge in [-0.25, -0.2) is 9.78 Å². The Morgan fingerprint density at radius 3 is 2.40 bits per heavy atom. The van der Waals surface area contributed by atoms with Crippen LogP contribution in [-0.2, 0) is 16.0 Å². The summed E-state index contributed by atoms with van der Waals surface area (Å²) in [6.45, 7) is 0.668. The Kier molecular flexibility index (Phi) is 5.70. The molecule has 30 heavy (non-hydrogen) atoms. The molecule has 0 spiro atoms. The van der Waals surface area contributed by atoms with E-state index in [0.29, 0.717) is 18.8 Å². The van der Waals surface area contributed by atoms with Gasteiger partial charge in [-0.2, -0.15) is 0 Å². The first kappa shape index (κ1) is 19.6. The Morgan fingerprint density at radius 1 is 1.07 bits per heavy atom. The number of carboxylic acid groups (broad SMARTS) is 1. The van der Waals surface area contributed by atoms with Crippen LogP contribution in [0, 0.1) is 0 Å². The summed E-state index contributed by atoms with van der Waals surface area (Å²) in [5.41, 5.74) is 2.53. The highest BCUT2D eigenvalue weighted by atomic mass is 16.4. The Labute approximate surface area is 174 Å². The maximum Gasteiger partial charge on any atom is 0.326 e. The SMILES string of the molecule is O=C(O)[C@H](Cc1ccccc1)NC(=O)[C@@H]1CCN1c1cncc(-c2ccccc2)n1. The quantitative estimate of drug-likeness (QED) is 0.631. The third kappa shape index (κ3) is 4.30. The van der Waals surface area contributed by atoms with E-state index in [1.165, 1.54) is 0 Å². The number of benzene rings is 2. The molecule has 1 aliphatic heterocycles. The van der Waals surface area contributed by atoms with Crippen LogP contribution in [0.3, 0.4) is 0 Å². The fourth-order valence-electron chi connectivity index (χ4n) is 3.49. The van der Waals surface area contributed by atoms with E-state index in [1.54, 1.807) is 12.4 Å². The molecule has 1 saturated heterocycles. The summed E-state index contributed by atoms with van der Waals surface area (Å²) in [5.74, 6) is -0.752. The molecule has 7 nitrogen and oxygen atoms in total.